The Morgan fingerprint density at radius 2 is 2.00 bits per heavy atom. The van der Waals surface area contributed by atoms with Gasteiger partial charge < -0.3 is 19.7 Å². The van der Waals surface area contributed by atoms with E-state index < -0.39 is 6.04 Å². The molecule has 132 valence electrons. The number of anilines is 1. The molecule has 1 atom stereocenters. The summed E-state index contributed by atoms with van der Waals surface area (Å²) >= 11 is 1.39. The molecule has 6 nitrogen and oxygen atoms in total. The number of carbonyl (C=O) groups excluding carboxylic acids is 2. The van der Waals surface area contributed by atoms with E-state index in [2.05, 4.69) is 5.32 Å². The van der Waals surface area contributed by atoms with Gasteiger partial charge in [0.1, 0.15) is 6.04 Å². The normalized spacial score (nSPS) is 16.6. The van der Waals surface area contributed by atoms with Gasteiger partial charge in [0.2, 0.25) is 5.91 Å². The van der Waals surface area contributed by atoms with Gasteiger partial charge in [-0.05, 0) is 36.4 Å². The third-order valence-corrected chi connectivity index (χ3v) is 5.06. The number of benzene rings is 1. The summed E-state index contributed by atoms with van der Waals surface area (Å²) in [7, 11) is 3.10. The average molecular weight is 360 g/mol. The molecule has 7 heteroatoms. The Morgan fingerprint density at radius 3 is 2.68 bits per heavy atom. The predicted molar refractivity (Wildman–Crippen MR) is 96.6 cm³/mol. The van der Waals surface area contributed by atoms with Crippen molar-refractivity contribution in [3.05, 3.63) is 40.6 Å². The molecule has 0 spiro atoms. The van der Waals surface area contributed by atoms with E-state index in [1.807, 2.05) is 11.4 Å². The van der Waals surface area contributed by atoms with E-state index >= 15 is 0 Å². The topological polar surface area (TPSA) is 67.9 Å². The van der Waals surface area contributed by atoms with Crippen molar-refractivity contribution in [1.82, 2.24) is 4.90 Å². The Bertz CT molecular complexity index is 760. The fraction of sp³-hybridized carbons (Fsp3) is 0.333. The number of methoxy groups -OCH3 is 2. The summed E-state index contributed by atoms with van der Waals surface area (Å²) in [5.74, 6) is 0.865. The molecule has 3 rings (SSSR count). The molecule has 1 N–H and O–H groups in total. The molecule has 1 aromatic carbocycles. The zero-order chi connectivity index (χ0) is 17.8. The first-order valence-corrected chi connectivity index (χ1v) is 8.89. The lowest BCUT2D eigenvalue weighted by atomic mass is 10.2. The second kappa shape index (κ2) is 7.57. The second-order valence-corrected chi connectivity index (χ2v) is 6.64. The number of hydrogen-bond acceptors (Lipinski definition) is 5. The van der Waals surface area contributed by atoms with Crippen LogP contribution in [0.3, 0.4) is 0 Å². The lowest BCUT2D eigenvalue weighted by Crippen LogP contribution is -2.42. The van der Waals surface area contributed by atoms with E-state index in [1.54, 1.807) is 43.4 Å². The number of nitrogens with one attached hydrogen (secondary N) is 1. The van der Waals surface area contributed by atoms with Gasteiger partial charge >= 0.3 is 0 Å². The van der Waals surface area contributed by atoms with Crippen LogP contribution in [0.1, 0.15) is 22.5 Å². The van der Waals surface area contributed by atoms with Crippen LogP contribution in [0, 0.1) is 0 Å². The van der Waals surface area contributed by atoms with Gasteiger partial charge in [-0.1, -0.05) is 6.07 Å². The summed E-state index contributed by atoms with van der Waals surface area (Å²) < 4.78 is 10.4. The molecule has 0 unspecified atom stereocenters. The van der Waals surface area contributed by atoms with E-state index in [0.29, 0.717) is 35.0 Å². The Hall–Kier alpha value is -2.54. The first-order valence-electron chi connectivity index (χ1n) is 8.01. The lowest BCUT2D eigenvalue weighted by Gasteiger charge is -2.23. The molecule has 0 bridgehead atoms. The number of rotatable bonds is 5. The standard InChI is InChI=1S/C18H20N2O4S/c1-23-14-8-7-12(11-15(14)24-2)19-17(21)13-5-3-9-20(13)18(22)16-6-4-10-25-16/h4,6-8,10-11,13H,3,5,9H2,1-2H3,(H,19,21)/t13-/m1/s1. The number of thiophene rings is 1. The van der Waals surface area contributed by atoms with Crippen molar-refractivity contribution in [3.63, 3.8) is 0 Å². The van der Waals surface area contributed by atoms with Crippen LogP contribution in [0.4, 0.5) is 5.69 Å². The Morgan fingerprint density at radius 1 is 1.20 bits per heavy atom. The van der Waals surface area contributed by atoms with Gasteiger partial charge in [-0.3, -0.25) is 9.59 Å². The summed E-state index contributed by atoms with van der Waals surface area (Å²) in [6.45, 7) is 0.598. The minimum Gasteiger partial charge on any atom is -0.493 e. The summed E-state index contributed by atoms with van der Waals surface area (Å²) in [5, 5.41) is 4.74. The van der Waals surface area contributed by atoms with Gasteiger partial charge in [0.05, 0.1) is 19.1 Å². The van der Waals surface area contributed by atoms with E-state index in [9.17, 15) is 9.59 Å². The van der Waals surface area contributed by atoms with Gasteiger partial charge in [-0.25, -0.2) is 0 Å². The largest absolute Gasteiger partial charge is 0.493 e. The molecular weight excluding hydrogens is 340 g/mol. The minimum absolute atomic E-state index is 0.0834. The summed E-state index contributed by atoms with van der Waals surface area (Å²) in [6.07, 6.45) is 1.48. The van der Waals surface area contributed by atoms with Crippen LogP contribution in [-0.4, -0.2) is 43.5 Å². The fourth-order valence-electron chi connectivity index (χ4n) is 2.96. The van der Waals surface area contributed by atoms with Gasteiger partial charge in [0.15, 0.2) is 11.5 Å². The minimum atomic E-state index is -0.456. The molecule has 25 heavy (non-hydrogen) atoms. The number of amides is 2. The van der Waals surface area contributed by atoms with Crippen LogP contribution in [0.2, 0.25) is 0 Å². The maximum absolute atomic E-state index is 12.7. The van der Waals surface area contributed by atoms with Gasteiger partial charge in [0, 0.05) is 18.3 Å². The summed E-state index contributed by atoms with van der Waals surface area (Å²) in [4.78, 5) is 27.6. The molecule has 1 aliphatic rings. The SMILES string of the molecule is COc1ccc(NC(=O)[C@H]2CCCN2C(=O)c2cccs2)cc1OC. The third-order valence-electron chi connectivity index (χ3n) is 4.20. The number of nitrogens with zero attached hydrogens (tertiary/aromatic N) is 1. The molecule has 1 aliphatic heterocycles. The lowest BCUT2D eigenvalue weighted by molar-refractivity contribution is -0.119. The highest BCUT2D eigenvalue weighted by Gasteiger charge is 2.34. The zero-order valence-electron chi connectivity index (χ0n) is 14.2. The van der Waals surface area contributed by atoms with Crippen molar-refractivity contribution >= 4 is 28.8 Å². The maximum atomic E-state index is 12.7. The van der Waals surface area contributed by atoms with Crippen LogP contribution >= 0.6 is 11.3 Å². The van der Waals surface area contributed by atoms with Crippen molar-refractivity contribution in [1.29, 1.82) is 0 Å². The smallest absolute Gasteiger partial charge is 0.264 e. The molecule has 2 amide bonds. The van der Waals surface area contributed by atoms with Crippen molar-refractivity contribution in [2.24, 2.45) is 0 Å². The number of hydrogen-bond donors (Lipinski definition) is 1. The third kappa shape index (κ3) is 3.61. The summed E-state index contributed by atoms with van der Waals surface area (Å²) in [6, 6.07) is 8.36. The molecule has 0 aliphatic carbocycles. The van der Waals surface area contributed by atoms with Gasteiger partial charge in [-0.2, -0.15) is 0 Å². The van der Waals surface area contributed by atoms with Crippen LogP contribution in [0.15, 0.2) is 35.7 Å². The highest BCUT2D eigenvalue weighted by Crippen LogP contribution is 2.30. The first kappa shape index (κ1) is 17.3. The molecule has 0 saturated carbocycles. The first-order chi connectivity index (χ1) is 12.1. The Balaban J connectivity index is 1.73. The van der Waals surface area contributed by atoms with Gasteiger partial charge in [0.25, 0.3) is 5.91 Å². The molecule has 1 saturated heterocycles. The number of carbonyl (C=O) groups is 2. The molecule has 2 heterocycles. The molecular formula is C18H20N2O4S. The predicted octanol–water partition coefficient (Wildman–Crippen LogP) is 3.01. The van der Waals surface area contributed by atoms with E-state index in [1.165, 1.54) is 11.3 Å². The highest BCUT2D eigenvalue weighted by molar-refractivity contribution is 7.12. The van der Waals surface area contributed by atoms with E-state index in [4.69, 9.17) is 9.47 Å². The molecule has 2 aromatic rings. The van der Waals surface area contributed by atoms with Crippen molar-refractivity contribution in [2.45, 2.75) is 18.9 Å². The van der Waals surface area contributed by atoms with Crippen molar-refractivity contribution in [3.8, 4) is 11.5 Å². The summed E-state index contributed by atoms with van der Waals surface area (Å²) in [5.41, 5.74) is 0.609. The monoisotopic (exact) mass is 360 g/mol. The van der Waals surface area contributed by atoms with Crippen molar-refractivity contribution < 1.29 is 19.1 Å². The zero-order valence-corrected chi connectivity index (χ0v) is 15.0. The molecule has 0 radical (unpaired) electrons. The van der Waals surface area contributed by atoms with Crippen LogP contribution in [0.25, 0.3) is 0 Å². The highest BCUT2D eigenvalue weighted by atomic mass is 32.1. The van der Waals surface area contributed by atoms with Crippen molar-refractivity contribution in [2.75, 3.05) is 26.1 Å². The van der Waals surface area contributed by atoms with Gasteiger partial charge in [-0.15, -0.1) is 11.3 Å². The van der Waals surface area contributed by atoms with Crippen LogP contribution < -0.4 is 14.8 Å². The average Bonchev–Trinajstić information content (AvgIpc) is 3.32. The van der Waals surface area contributed by atoms with Crippen LogP contribution in [-0.2, 0) is 4.79 Å². The van der Waals surface area contributed by atoms with Crippen LogP contribution in [0.5, 0.6) is 11.5 Å². The number of likely N-dealkylation sites (tertiary alicyclic amines) is 1. The Kier molecular flexibility index (Phi) is 5.23. The van der Waals surface area contributed by atoms with E-state index in [-0.39, 0.29) is 11.8 Å². The molecule has 1 aromatic heterocycles. The molecule has 1 fully saturated rings. The number of ether oxygens (including phenoxy) is 2. The second-order valence-electron chi connectivity index (χ2n) is 5.69. The fourth-order valence-corrected chi connectivity index (χ4v) is 3.64. The quantitative estimate of drug-likeness (QED) is 0.890. The van der Waals surface area contributed by atoms with E-state index in [0.717, 1.165) is 6.42 Å². The Labute approximate surface area is 150 Å². The maximum Gasteiger partial charge on any atom is 0.264 e.